The van der Waals surface area contributed by atoms with E-state index >= 15 is 0 Å². The fourth-order valence-electron chi connectivity index (χ4n) is 1.65. The number of benzene rings is 1. The molecule has 108 valence electrons. The van der Waals surface area contributed by atoms with Gasteiger partial charge in [0.05, 0.1) is 0 Å². The fourth-order valence-corrected chi connectivity index (χ4v) is 3.42. The summed E-state index contributed by atoms with van der Waals surface area (Å²) < 4.78 is 36.5. The van der Waals surface area contributed by atoms with Crippen LogP contribution >= 0.6 is 46.6 Å². The van der Waals surface area contributed by atoms with Crippen molar-refractivity contribution in [3.8, 4) is 0 Å². The molecule has 0 aliphatic rings. The molecule has 1 rings (SSSR count). The molecule has 1 aromatic carbocycles. The number of rotatable bonds is 6. The maximum Gasteiger partial charge on any atom is 0.441 e. The molecule has 0 heterocycles. The standard InChI is InChI=1S/C12H12Cl3F3S/c13-7-11(8-14,4-5-19-12(16,17)18)9-2-1-3-10(15)6-9/h1-3,6H,4-5,7-8H2. The molecule has 0 saturated carbocycles. The van der Waals surface area contributed by atoms with Crippen LogP contribution in [0.1, 0.15) is 12.0 Å². The average Bonchev–Trinajstić information content (AvgIpc) is 2.34. The fraction of sp³-hybridized carbons (Fsp3) is 0.500. The molecule has 0 aliphatic carbocycles. The van der Waals surface area contributed by atoms with E-state index in [-0.39, 0.29) is 35.7 Å². The van der Waals surface area contributed by atoms with Gasteiger partial charge in [0, 0.05) is 28.0 Å². The van der Waals surface area contributed by atoms with Crippen LogP contribution in [0.25, 0.3) is 0 Å². The second-order valence-corrected chi connectivity index (χ2v) is 6.23. The maximum atomic E-state index is 12.2. The van der Waals surface area contributed by atoms with Gasteiger partial charge in [0.15, 0.2) is 0 Å². The molecule has 0 aromatic heterocycles. The molecule has 0 atom stereocenters. The van der Waals surface area contributed by atoms with Crippen LogP contribution in [0, 0.1) is 0 Å². The van der Waals surface area contributed by atoms with Crippen molar-refractivity contribution in [2.45, 2.75) is 17.3 Å². The Morgan fingerprint density at radius 1 is 1.11 bits per heavy atom. The van der Waals surface area contributed by atoms with Crippen molar-refractivity contribution in [3.05, 3.63) is 34.9 Å². The summed E-state index contributed by atoms with van der Waals surface area (Å²) in [5, 5.41) is 0.514. The van der Waals surface area contributed by atoms with Gasteiger partial charge in [-0.2, -0.15) is 13.2 Å². The van der Waals surface area contributed by atoms with Gasteiger partial charge in [0.1, 0.15) is 0 Å². The van der Waals surface area contributed by atoms with Gasteiger partial charge in [-0.1, -0.05) is 35.5 Å². The minimum atomic E-state index is -4.24. The molecule has 0 bridgehead atoms. The van der Waals surface area contributed by atoms with Gasteiger partial charge in [0.25, 0.3) is 0 Å². The van der Waals surface area contributed by atoms with Crippen LogP contribution < -0.4 is 0 Å². The lowest BCUT2D eigenvalue weighted by molar-refractivity contribution is -0.0328. The molecule has 0 aliphatic heterocycles. The van der Waals surface area contributed by atoms with Gasteiger partial charge in [0.2, 0.25) is 0 Å². The summed E-state index contributed by atoms with van der Waals surface area (Å²) in [4.78, 5) is 0. The van der Waals surface area contributed by atoms with Crippen molar-refractivity contribution < 1.29 is 13.2 Å². The highest BCUT2D eigenvalue weighted by Gasteiger charge is 2.34. The lowest BCUT2D eigenvalue weighted by Crippen LogP contribution is -2.31. The largest absolute Gasteiger partial charge is 0.441 e. The monoisotopic (exact) mass is 350 g/mol. The predicted octanol–water partition coefficient (Wildman–Crippen LogP) is 5.70. The Morgan fingerprint density at radius 2 is 1.74 bits per heavy atom. The number of hydrogen-bond donors (Lipinski definition) is 0. The van der Waals surface area contributed by atoms with E-state index in [0.29, 0.717) is 5.02 Å². The lowest BCUT2D eigenvalue weighted by Gasteiger charge is -2.30. The van der Waals surface area contributed by atoms with Crippen molar-refractivity contribution >= 4 is 46.6 Å². The van der Waals surface area contributed by atoms with Crippen LogP contribution in [-0.2, 0) is 5.41 Å². The first-order valence-electron chi connectivity index (χ1n) is 5.42. The van der Waals surface area contributed by atoms with Crippen LogP contribution in [-0.4, -0.2) is 23.0 Å². The zero-order valence-corrected chi connectivity index (χ0v) is 12.9. The van der Waals surface area contributed by atoms with E-state index in [2.05, 4.69) is 0 Å². The van der Waals surface area contributed by atoms with Crippen molar-refractivity contribution in [1.29, 1.82) is 0 Å². The van der Waals surface area contributed by atoms with E-state index < -0.39 is 10.9 Å². The van der Waals surface area contributed by atoms with E-state index in [1.807, 2.05) is 0 Å². The van der Waals surface area contributed by atoms with Gasteiger partial charge in [-0.3, -0.25) is 0 Å². The third-order valence-electron chi connectivity index (χ3n) is 2.79. The Hall–Kier alpha value is 0.230. The Kier molecular flexibility index (Phi) is 6.64. The highest BCUT2D eigenvalue weighted by Crippen LogP contribution is 2.37. The summed E-state index contributed by atoms with van der Waals surface area (Å²) in [6.07, 6.45) is 0.241. The summed E-state index contributed by atoms with van der Waals surface area (Å²) in [5.41, 5.74) is -4.15. The average molecular weight is 352 g/mol. The highest BCUT2D eigenvalue weighted by molar-refractivity contribution is 8.00. The van der Waals surface area contributed by atoms with Crippen LogP contribution in [0.5, 0.6) is 0 Å². The molecule has 0 N–H and O–H groups in total. The van der Waals surface area contributed by atoms with E-state index in [4.69, 9.17) is 34.8 Å². The van der Waals surface area contributed by atoms with E-state index in [1.165, 1.54) is 0 Å². The Bertz CT molecular complexity index is 405. The minimum Gasteiger partial charge on any atom is -0.160 e. The van der Waals surface area contributed by atoms with Crippen LogP contribution in [0.4, 0.5) is 13.2 Å². The highest BCUT2D eigenvalue weighted by atomic mass is 35.5. The first-order chi connectivity index (χ1) is 8.83. The topological polar surface area (TPSA) is 0 Å². The summed E-state index contributed by atoms with van der Waals surface area (Å²) >= 11 is 17.7. The Labute approximate surface area is 129 Å². The van der Waals surface area contributed by atoms with Crippen molar-refractivity contribution in [1.82, 2.24) is 0 Å². The molecule has 0 amide bonds. The van der Waals surface area contributed by atoms with Gasteiger partial charge < -0.3 is 0 Å². The zero-order chi connectivity index (χ0) is 14.5. The normalized spacial score (nSPS) is 12.7. The van der Waals surface area contributed by atoms with Crippen LogP contribution in [0.3, 0.4) is 0 Å². The lowest BCUT2D eigenvalue weighted by atomic mass is 9.82. The number of thioether (sulfide) groups is 1. The third kappa shape index (κ3) is 5.25. The number of halogens is 6. The minimum absolute atomic E-state index is 0.0602. The van der Waals surface area contributed by atoms with Gasteiger partial charge in [-0.15, -0.1) is 23.2 Å². The van der Waals surface area contributed by atoms with Crippen molar-refractivity contribution in [2.24, 2.45) is 0 Å². The summed E-state index contributed by atoms with van der Waals surface area (Å²) in [6.45, 7) is 0. The molecule has 19 heavy (non-hydrogen) atoms. The molecule has 0 fully saturated rings. The molecule has 0 saturated heterocycles. The van der Waals surface area contributed by atoms with Crippen LogP contribution in [0.15, 0.2) is 24.3 Å². The van der Waals surface area contributed by atoms with Crippen molar-refractivity contribution in [3.63, 3.8) is 0 Å². The quantitative estimate of drug-likeness (QED) is 0.593. The second-order valence-electron chi connectivity index (χ2n) is 4.10. The number of hydrogen-bond acceptors (Lipinski definition) is 1. The van der Waals surface area contributed by atoms with Gasteiger partial charge in [-0.05, 0) is 24.1 Å². The maximum absolute atomic E-state index is 12.2. The Morgan fingerprint density at radius 3 is 2.21 bits per heavy atom. The Balaban J connectivity index is 2.85. The summed E-state index contributed by atoms with van der Waals surface area (Å²) in [6, 6.07) is 6.92. The van der Waals surface area contributed by atoms with Gasteiger partial charge in [-0.25, -0.2) is 0 Å². The first kappa shape index (κ1) is 17.3. The second kappa shape index (κ2) is 7.30. The molecule has 0 nitrogen and oxygen atoms in total. The molecular formula is C12H12Cl3F3S. The molecule has 0 unspecified atom stereocenters. The number of alkyl halides is 5. The smallest absolute Gasteiger partial charge is 0.160 e. The molecule has 0 radical (unpaired) electrons. The van der Waals surface area contributed by atoms with E-state index in [9.17, 15) is 13.2 Å². The molecular weight excluding hydrogens is 340 g/mol. The molecule has 1 aromatic rings. The van der Waals surface area contributed by atoms with E-state index in [0.717, 1.165) is 5.56 Å². The SMILES string of the molecule is FC(F)(F)SCCC(CCl)(CCl)c1cccc(Cl)c1. The third-order valence-corrected chi connectivity index (χ3v) is 4.79. The molecule has 0 spiro atoms. The zero-order valence-electron chi connectivity index (χ0n) is 9.81. The first-order valence-corrected chi connectivity index (χ1v) is 7.85. The van der Waals surface area contributed by atoms with Gasteiger partial charge >= 0.3 is 5.51 Å². The summed E-state index contributed by atoms with van der Waals surface area (Å²) in [5.74, 6) is 0.208. The molecule has 7 heteroatoms. The van der Waals surface area contributed by atoms with Crippen LogP contribution in [0.2, 0.25) is 5.02 Å². The van der Waals surface area contributed by atoms with E-state index in [1.54, 1.807) is 24.3 Å². The van der Waals surface area contributed by atoms with Crippen molar-refractivity contribution in [2.75, 3.05) is 17.5 Å². The predicted molar refractivity (Wildman–Crippen MR) is 77.7 cm³/mol. The summed E-state index contributed by atoms with van der Waals surface area (Å²) in [7, 11) is 0.